The molecule has 0 spiro atoms. The van der Waals surface area contributed by atoms with Crippen LogP contribution in [0.15, 0.2) is 24.4 Å². The quantitative estimate of drug-likeness (QED) is 0.864. The third-order valence-electron chi connectivity index (χ3n) is 4.77. The average molecular weight is 344 g/mol. The molecule has 1 aliphatic heterocycles. The predicted octanol–water partition coefficient (Wildman–Crippen LogP) is 2.25. The van der Waals surface area contributed by atoms with Crippen LogP contribution in [0.2, 0.25) is 0 Å². The summed E-state index contributed by atoms with van der Waals surface area (Å²) in [6.45, 7) is 6.37. The summed E-state index contributed by atoms with van der Waals surface area (Å²) in [5.41, 5.74) is 1.11. The lowest BCUT2D eigenvalue weighted by Crippen LogP contribution is -2.47. The van der Waals surface area contributed by atoms with E-state index in [1.165, 1.54) is 11.8 Å². The summed E-state index contributed by atoms with van der Waals surface area (Å²) in [4.78, 5) is 26.6. The average Bonchev–Trinajstić information content (AvgIpc) is 3.04. The molecule has 25 heavy (non-hydrogen) atoms. The van der Waals surface area contributed by atoms with Crippen LogP contribution < -0.4 is 5.32 Å². The number of nitrogens with one attached hydrogen (secondary N) is 1. The molecule has 0 radical (unpaired) electrons. The second-order valence-electron chi connectivity index (χ2n) is 6.68. The molecule has 1 saturated heterocycles. The van der Waals surface area contributed by atoms with Gasteiger partial charge in [0.25, 0.3) is 0 Å². The highest BCUT2D eigenvalue weighted by Gasteiger charge is 2.23. The van der Waals surface area contributed by atoms with Crippen LogP contribution in [0.25, 0.3) is 10.9 Å². The number of benzene rings is 1. The number of likely N-dealkylation sites (tertiary alicyclic amines) is 1. The van der Waals surface area contributed by atoms with Gasteiger partial charge in [-0.3, -0.25) is 0 Å². The number of hydrogen-bond donors (Lipinski definition) is 1. The van der Waals surface area contributed by atoms with E-state index in [0.29, 0.717) is 17.1 Å². The number of aromatic nitrogens is 2. The second kappa shape index (κ2) is 7.23. The monoisotopic (exact) mass is 344 g/mol. The van der Waals surface area contributed by atoms with Crippen molar-refractivity contribution in [2.45, 2.75) is 38.8 Å². The number of amides is 1. The Balaban J connectivity index is 1.69. The van der Waals surface area contributed by atoms with E-state index in [-0.39, 0.29) is 12.1 Å². The van der Waals surface area contributed by atoms with Crippen molar-refractivity contribution in [2.75, 3.05) is 20.2 Å². The molecule has 1 aromatic heterocycles. The van der Waals surface area contributed by atoms with Gasteiger partial charge in [-0.1, -0.05) is 0 Å². The number of ether oxygens (including phenoxy) is 1. The molecular formula is C18H24N4O3. The third kappa shape index (κ3) is 3.66. The van der Waals surface area contributed by atoms with E-state index < -0.39 is 5.97 Å². The molecule has 2 aromatic rings. The SMILES string of the molecule is COC(=O)c1ccc2c(cnn2C(=O)NC2CCN(C(C)C)CC2)c1. The van der Waals surface area contributed by atoms with Gasteiger partial charge in [0.1, 0.15) is 0 Å². The molecule has 1 fully saturated rings. The van der Waals surface area contributed by atoms with Crippen molar-refractivity contribution < 1.29 is 14.3 Å². The molecule has 0 bridgehead atoms. The highest BCUT2D eigenvalue weighted by Crippen LogP contribution is 2.17. The first-order valence-corrected chi connectivity index (χ1v) is 8.60. The number of rotatable bonds is 3. The maximum absolute atomic E-state index is 12.6. The van der Waals surface area contributed by atoms with Gasteiger partial charge in [-0.25, -0.2) is 9.59 Å². The van der Waals surface area contributed by atoms with Gasteiger partial charge in [0, 0.05) is 30.6 Å². The fourth-order valence-corrected chi connectivity index (χ4v) is 3.24. The molecule has 1 amide bonds. The molecule has 0 saturated carbocycles. The van der Waals surface area contributed by atoms with Gasteiger partial charge in [0.05, 0.1) is 24.4 Å². The minimum atomic E-state index is -0.406. The summed E-state index contributed by atoms with van der Waals surface area (Å²) >= 11 is 0. The van der Waals surface area contributed by atoms with Crippen molar-refractivity contribution in [3.63, 3.8) is 0 Å². The summed E-state index contributed by atoms with van der Waals surface area (Å²) in [5, 5.41) is 7.97. The zero-order valence-electron chi connectivity index (χ0n) is 14.9. The summed E-state index contributed by atoms with van der Waals surface area (Å²) in [6.07, 6.45) is 3.47. The number of piperidine rings is 1. The smallest absolute Gasteiger partial charge is 0.342 e. The van der Waals surface area contributed by atoms with E-state index in [4.69, 9.17) is 4.74 Å². The van der Waals surface area contributed by atoms with Gasteiger partial charge < -0.3 is 15.0 Å². The number of carbonyl (C=O) groups excluding carboxylic acids is 2. The van der Waals surface area contributed by atoms with Crippen LogP contribution in [0.3, 0.4) is 0 Å². The van der Waals surface area contributed by atoms with Crippen LogP contribution in [0.5, 0.6) is 0 Å². The minimum Gasteiger partial charge on any atom is -0.465 e. The molecule has 0 atom stereocenters. The Kier molecular flexibility index (Phi) is 5.03. The maximum Gasteiger partial charge on any atom is 0.342 e. The number of hydrogen-bond acceptors (Lipinski definition) is 5. The standard InChI is InChI=1S/C18H24N4O3/c1-12(2)21-8-6-15(7-9-21)20-18(24)22-16-5-4-13(17(23)25-3)10-14(16)11-19-22/h4-5,10-12,15H,6-9H2,1-3H3,(H,20,24). The Hall–Kier alpha value is -2.41. The van der Waals surface area contributed by atoms with E-state index in [0.717, 1.165) is 31.3 Å². The number of fused-ring (bicyclic) bond motifs is 1. The van der Waals surface area contributed by atoms with Crippen LogP contribution in [-0.2, 0) is 4.74 Å². The topological polar surface area (TPSA) is 76.5 Å². The van der Waals surface area contributed by atoms with Crippen molar-refractivity contribution in [1.29, 1.82) is 0 Å². The molecule has 0 aliphatic carbocycles. The van der Waals surface area contributed by atoms with Crippen LogP contribution in [0.1, 0.15) is 37.0 Å². The first-order chi connectivity index (χ1) is 12.0. The largest absolute Gasteiger partial charge is 0.465 e. The van der Waals surface area contributed by atoms with Crippen LogP contribution in [-0.4, -0.2) is 59.0 Å². The number of esters is 1. The Morgan fingerprint density at radius 1 is 1.28 bits per heavy atom. The molecule has 7 heteroatoms. The summed E-state index contributed by atoms with van der Waals surface area (Å²) in [6, 6.07) is 5.51. The Morgan fingerprint density at radius 3 is 2.64 bits per heavy atom. The maximum atomic E-state index is 12.6. The Bertz CT molecular complexity index is 776. The van der Waals surface area contributed by atoms with Crippen LogP contribution in [0.4, 0.5) is 4.79 Å². The first-order valence-electron chi connectivity index (χ1n) is 8.60. The van der Waals surface area contributed by atoms with Crippen molar-refractivity contribution in [3.05, 3.63) is 30.0 Å². The van der Waals surface area contributed by atoms with E-state index in [1.54, 1.807) is 24.4 Å². The van der Waals surface area contributed by atoms with Gasteiger partial charge >= 0.3 is 12.0 Å². The second-order valence-corrected chi connectivity index (χ2v) is 6.68. The summed E-state index contributed by atoms with van der Waals surface area (Å²) in [7, 11) is 1.34. The first kappa shape index (κ1) is 17.4. The van der Waals surface area contributed by atoms with E-state index >= 15 is 0 Å². The van der Waals surface area contributed by atoms with E-state index in [1.807, 2.05) is 0 Å². The molecule has 0 unspecified atom stereocenters. The van der Waals surface area contributed by atoms with Crippen molar-refractivity contribution in [3.8, 4) is 0 Å². The molecule has 3 rings (SSSR count). The van der Waals surface area contributed by atoms with E-state index in [2.05, 4.69) is 29.2 Å². The zero-order valence-corrected chi connectivity index (χ0v) is 14.9. The molecule has 7 nitrogen and oxygen atoms in total. The van der Waals surface area contributed by atoms with Crippen molar-refractivity contribution in [2.24, 2.45) is 0 Å². The lowest BCUT2D eigenvalue weighted by molar-refractivity contribution is 0.0601. The van der Waals surface area contributed by atoms with Gasteiger partial charge in [-0.2, -0.15) is 9.78 Å². The number of methoxy groups -OCH3 is 1. The minimum absolute atomic E-state index is 0.163. The Morgan fingerprint density at radius 2 is 2.00 bits per heavy atom. The zero-order chi connectivity index (χ0) is 18.0. The number of carbonyl (C=O) groups is 2. The molecular weight excluding hydrogens is 320 g/mol. The summed E-state index contributed by atoms with van der Waals surface area (Å²) < 4.78 is 6.07. The molecule has 1 aromatic carbocycles. The normalized spacial score (nSPS) is 16.3. The highest BCUT2D eigenvalue weighted by molar-refractivity contribution is 5.96. The van der Waals surface area contributed by atoms with Crippen LogP contribution >= 0.6 is 0 Å². The van der Waals surface area contributed by atoms with E-state index in [9.17, 15) is 9.59 Å². The fraction of sp³-hybridized carbons (Fsp3) is 0.500. The molecule has 1 N–H and O–H groups in total. The third-order valence-corrected chi connectivity index (χ3v) is 4.77. The van der Waals surface area contributed by atoms with Gasteiger partial charge in [0.2, 0.25) is 0 Å². The predicted molar refractivity (Wildman–Crippen MR) is 94.7 cm³/mol. The molecule has 1 aliphatic rings. The van der Waals surface area contributed by atoms with Gasteiger partial charge in [0.15, 0.2) is 0 Å². The molecule has 134 valence electrons. The van der Waals surface area contributed by atoms with Crippen LogP contribution in [0, 0.1) is 0 Å². The van der Waals surface area contributed by atoms with Crippen molar-refractivity contribution in [1.82, 2.24) is 20.0 Å². The lowest BCUT2D eigenvalue weighted by Gasteiger charge is -2.34. The van der Waals surface area contributed by atoms with Gasteiger partial charge in [-0.05, 0) is 44.9 Å². The summed E-state index contributed by atoms with van der Waals surface area (Å²) in [5.74, 6) is -0.406. The van der Waals surface area contributed by atoms with Gasteiger partial charge in [-0.15, -0.1) is 0 Å². The Labute approximate surface area is 146 Å². The molecule has 2 heterocycles. The highest BCUT2D eigenvalue weighted by atomic mass is 16.5. The fourth-order valence-electron chi connectivity index (χ4n) is 3.24. The lowest BCUT2D eigenvalue weighted by atomic mass is 10.0. The van der Waals surface area contributed by atoms with Crippen molar-refractivity contribution >= 4 is 22.9 Å². The number of nitrogens with zero attached hydrogens (tertiary/aromatic N) is 3.